The van der Waals surface area contributed by atoms with Gasteiger partial charge in [0.2, 0.25) is 0 Å². The second-order valence-electron chi connectivity index (χ2n) is 6.87. The van der Waals surface area contributed by atoms with Crippen molar-refractivity contribution in [2.45, 2.75) is 12.7 Å². The van der Waals surface area contributed by atoms with Gasteiger partial charge in [0.1, 0.15) is 0 Å². The topological polar surface area (TPSA) is 18.5 Å². The van der Waals surface area contributed by atoms with Crippen LogP contribution in [0.5, 0.6) is 0 Å². The minimum atomic E-state index is -2.17. The molecule has 1 aliphatic heterocycles. The third-order valence-corrected chi connectivity index (χ3v) is 9.79. The van der Waals surface area contributed by atoms with Gasteiger partial charge in [0.05, 0.1) is 0 Å². The molecule has 0 radical (unpaired) electrons. The molecule has 0 aliphatic carbocycles. The Bertz CT molecular complexity index is 803. The van der Waals surface area contributed by atoms with Crippen LogP contribution in [0.1, 0.15) is 18.3 Å². The van der Waals surface area contributed by atoms with E-state index in [4.69, 9.17) is 9.47 Å². The zero-order valence-electron chi connectivity index (χ0n) is 15.1. The molecule has 3 aromatic rings. The summed E-state index contributed by atoms with van der Waals surface area (Å²) in [4.78, 5) is 0. The molecule has 3 aromatic carbocycles. The van der Waals surface area contributed by atoms with Gasteiger partial charge in [-0.05, 0) is 0 Å². The van der Waals surface area contributed by atoms with Crippen molar-refractivity contribution in [1.29, 1.82) is 0 Å². The first-order chi connectivity index (χ1) is 12.8. The summed E-state index contributed by atoms with van der Waals surface area (Å²) in [6, 6.07) is 30.4. The summed E-state index contributed by atoms with van der Waals surface area (Å²) in [6.45, 7) is 3.95. The van der Waals surface area contributed by atoms with E-state index in [1.165, 1.54) is 21.5 Å². The Morgan fingerprint density at radius 2 is 1.19 bits per heavy atom. The fourth-order valence-electron chi connectivity index (χ4n) is 3.85. The van der Waals surface area contributed by atoms with Crippen molar-refractivity contribution >= 4 is 23.2 Å². The summed E-state index contributed by atoms with van der Waals surface area (Å²) in [7, 11) is -2.17. The number of benzene rings is 3. The number of hydrogen-bond acceptors (Lipinski definition) is 2. The van der Waals surface area contributed by atoms with Crippen LogP contribution in [0.2, 0.25) is 0 Å². The van der Waals surface area contributed by atoms with Crippen LogP contribution in [0.4, 0.5) is 0 Å². The van der Waals surface area contributed by atoms with E-state index in [1.807, 2.05) is 0 Å². The molecule has 0 N–H and O–H groups in total. The first kappa shape index (κ1) is 17.4. The molecule has 1 aliphatic rings. The van der Waals surface area contributed by atoms with E-state index in [1.54, 1.807) is 0 Å². The Labute approximate surface area is 156 Å². The molecule has 134 valence electrons. The van der Waals surface area contributed by atoms with Gasteiger partial charge in [-0.25, -0.2) is 0 Å². The van der Waals surface area contributed by atoms with E-state index in [0.717, 1.165) is 19.6 Å². The van der Waals surface area contributed by atoms with Gasteiger partial charge in [-0.2, -0.15) is 0 Å². The fourth-order valence-corrected chi connectivity index (χ4v) is 7.73. The van der Waals surface area contributed by atoms with Gasteiger partial charge in [-0.1, -0.05) is 0 Å². The second-order valence-corrected chi connectivity index (χ2v) is 10.8. The Morgan fingerprint density at radius 3 is 1.77 bits per heavy atom. The van der Waals surface area contributed by atoms with Gasteiger partial charge in [0.25, 0.3) is 0 Å². The van der Waals surface area contributed by atoms with Crippen LogP contribution in [0, 0.1) is 0 Å². The quantitative estimate of drug-likeness (QED) is 0.656. The molecular formula is C23H25O2P. The first-order valence-corrected chi connectivity index (χ1v) is 11.7. The van der Waals surface area contributed by atoms with Crippen LogP contribution in [0.15, 0.2) is 84.9 Å². The predicted octanol–water partition coefficient (Wildman–Crippen LogP) is 3.78. The normalized spacial score (nSPS) is 16.3. The van der Waals surface area contributed by atoms with Crippen molar-refractivity contribution in [1.82, 2.24) is 0 Å². The van der Waals surface area contributed by atoms with Gasteiger partial charge < -0.3 is 0 Å². The Kier molecular flexibility index (Phi) is 5.17. The van der Waals surface area contributed by atoms with Gasteiger partial charge in [-0.15, -0.1) is 0 Å². The molecular weight excluding hydrogens is 339 g/mol. The summed E-state index contributed by atoms with van der Waals surface area (Å²) >= 11 is 0. The number of rotatable bonds is 4. The molecule has 1 heterocycles. The monoisotopic (exact) mass is 364 g/mol. The Hall–Kier alpha value is -1.99. The summed E-state index contributed by atoms with van der Waals surface area (Å²) in [5, 5.41) is 4.16. The molecule has 0 amide bonds. The van der Waals surface area contributed by atoms with Gasteiger partial charge in [0, 0.05) is 0 Å². The molecule has 0 saturated carbocycles. The molecule has 0 aromatic heterocycles. The molecule has 26 heavy (non-hydrogen) atoms. The van der Waals surface area contributed by atoms with Crippen LogP contribution < -0.4 is 15.9 Å². The standard InChI is InChI=1S/C23H25O2P/c1-26(19-11-4-2-5-12-19,20-13-6-3-7-14-20)22-16-9-8-15-21(22)23-24-17-10-18-25-23/h2-9,11-16,23,26H,10,17-18H2,1H3. The third kappa shape index (κ3) is 3.21. The van der Waals surface area contributed by atoms with Crippen molar-refractivity contribution in [3.63, 3.8) is 0 Å². The maximum atomic E-state index is 5.97. The Balaban J connectivity index is 1.91. The number of hydrogen-bond donors (Lipinski definition) is 0. The summed E-state index contributed by atoms with van der Waals surface area (Å²) < 4.78 is 11.9. The molecule has 4 rings (SSSR count). The van der Waals surface area contributed by atoms with E-state index < -0.39 is 7.26 Å². The molecule has 0 spiro atoms. The van der Waals surface area contributed by atoms with Gasteiger partial charge in [-0.3, -0.25) is 0 Å². The number of ether oxygens (including phenoxy) is 2. The maximum absolute atomic E-state index is 5.97. The van der Waals surface area contributed by atoms with Crippen LogP contribution in [0.3, 0.4) is 0 Å². The van der Waals surface area contributed by atoms with Crippen LogP contribution in [-0.2, 0) is 9.47 Å². The molecule has 1 fully saturated rings. The van der Waals surface area contributed by atoms with Crippen LogP contribution >= 0.6 is 7.26 Å². The van der Waals surface area contributed by atoms with Gasteiger partial charge in [0.15, 0.2) is 0 Å². The first-order valence-electron chi connectivity index (χ1n) is 9.24. The molecule has 2 nitrogen and oxygen atoms in total. The zero-order valence-corrected chi connectivity index (χ0v) is 16.1. The molecule has 0 bridgehead atoms. The fraction of sp³-hybridized carbons (Fsp3) is 0.217. The third-order valence-electron chi connectivity index (χ3n) is 5.28. The van der Waals surface area contributed by atoms with E-state index in [-0.39, 0.29) is 6.29 Å². The molecule has 0 unspecified atom stereocenters. The average molecular weight is 364 g/mol. The average Bonchev–Trinajstić information content (AvgIpc) is 2.75. The van der Waals surface area contributed by atoms with Gasteiger partial charge >= 0.3 is 156 Å². The summed E-state index contributed by atoms with van der Waals surface area (Å²) in [5.41, 5.74) is 1.18. The van der Waals surface area contributed by atoms with E-state index >= 15 is 0 Å². The zero-order chi connectivity index (χ0) is 17.8. The van der Waals surface area contributed by atoms with Crippen molar-refractivity contribution in [2.75, 3.05) is 19.9 Å². The predicted molar refractivity (Wildman–Crippen MR) is 112 cm³/mol. The van der Waals surface area contributed by atoms with Crippen molar-refractivity contribution in [3.05, 3.63) is 90.5 Å². The second kappa shape index (κ2) is 7.72. The SMILES string of the molecule is C[PH](c1ccccc1)(c1ccccc1)c1ccccc1C1OCCCO1. The van der Waals surface area contributed by atoms with Crippen molar-refractivity contribution < 1.29 is 9.47 Å². The summed E-state index contributed by atoms with van der Waals surface area (Å²) in [5.74, 6) is 0. The van der Waals surface area contributed by atoms with E-state index in [0.29, 0.717) is 0 Å². The van der Waals surface area contributed by atoms with Crippen LogP contribution in [0.25, 0.3) is 0 Å². The molecule has 1 saturated heterocycles. The molecule has 0 atom stereocenters. The minimum absolute atomic E-state index is 0.265. The van der Waals surface area contributed by atoms with E-state index in [2.05, 4.69) is 91.6 Å². The van der Waals surface area contributed by atoms with Crippen LogP contribution in [-0.4, -0.2) is 19.9 Å². The van der Waals surface area contributed by atoms with Crippen molar-refractivity contribution in [2.24, 2.45) is 0 Å². The summed E-state index contributed by atoms with van der Waals surface area (Å²) in [6.07, 6.45) is 0.698. The van der Waals surface area contributed by atoms with Crippen molar-refractivity contribution in [3.8, 4) is 0 Å². The van der Waals surface area contributed by atoms with E-state index in [9.17, 15) is 0 Å². The molecule has 3 heteroatoms. The Morgan fingerprint density at radius 1 is 0.692 bits per heavy atom.